The Morgan fingerprint density at radius 1 is 0.250 bits per heavy atom. The highest BCUT2D eigenvalue weighted by Crippen LogP contribution is 3.87. The highest BCUT2D eigenvalue weighted by molar-refractivity contribution is 9.92. The van der Waals surface area contributed by atoms with Crippen LogP contribution in [0.25, 0.3) is 0 Å². The van der Waals surface area contributed by atoms with E-state index in [2.05, 4.69) is 0 Å². The van der Waals surface area contributed by atoms with Crippen LogP contribution in [0.2, 0.25) is 0 Å². The van der Waals surface area contributed by atoms with Gasteiger partial charge in [-0.2, -0.15) is 0 Å². The summed E-state index contributed by atoms with van der Waals surface area (Å²) in [6.07, 6.45) is 0. The van der Waals surface area contributed by atoms with Crippen molar-refractivity contribution in [3.8, 4) is 0 Å². The molecule has 40 valence electrons. The molecule has 0 saturated carbocycles. The van der Waals surface area contributed by atoms with Crippen LogP contribution in [0.5, 0.6) is 0 Å². The van der Waals surface area contributed by atoms with Crippen LogP contribution in [0.1, 0.15) is 0 Å². The lowest BCUT2D eigenvalue weighted by Gasteiger charge is -3.00. The molecule has 0 aromatic heterocycles. The van der Waals surface area contributed by atoms with Gasteiger partial charge in [0.15, 0.2) is 0 Å². The van der Waals surface area contributed by atoms with E-state index in [-0.39, 0.29) is 0 Å². The second-order valence-electron chi connectivity index (χ2n) is 2.15. The molecule has 8 heavy (non-hydrogen) atoms. The third-order valence-corrected chi connectivity index (χ3v) is 156. The van der Waals surface area contributed by atoms with Crippen molar-refractivity contribution in [1.82, 2.24) is 0 Å². The average molecular weight is 248 g/mol. The summed E-state index contributed by atoms with van der Waals surface area (Å²) >= 11 is 0. The number of hydrogen-bond donors (Lipinski definition) is 0. The van der Waals surface area contributed by atoms with Crippen LogP contribution in [-0.4, -0.2) is 0 Å². The molecule has 8 heteroatoms. The Bertz CT molecular complexity index is 110. The predicted molar refractivity (Wildman–Crippen MR) is 55.4 cm³/mol. The van der Waals surface area contributed by atoms with Gasteiger partial charge in [-0.3, -0.25) is 0 Å². The molecule has 0 aliphatic carbocycles. The van der Waals surface area contributed by atoms with Gasteiger partial charge in [0.1, 0.15) is 0 Å². The molecule has 0 unspecified atom stereocenters. The maximum atomic E-state index is 1.07. The Morgan fingerprint density at radius 3 is 0.500 bits per heavy atom. The van der Waals surface area contributed by atoms with Crippen LogP contribution in [0.3, 0.4) is 0 Å². The minimum absolute atomic E-state index is 1.07. The summed E-state index contributed by atoms with van der Waals surface area (Å²) in [5.74, 6) is 0. The topological polar surface area (TPSA) is 0 Å². The van der Waals surface area contributed by atoms with E-state index in [1.54, 1.807) is 0 Å². The van der Waals surface area contributed by atoms with E-state index in [0.717, 1.165) is 55.9 Å². The van der Waals surface area contributed by atoms with Gasteiger partial charge in [0.2, 0.25) is 0 Å². The van der Waals surface area contributed by atoms with Crippen molar-refractivity contribution >= 4 is 55.9 Å². The van der Waals surface area contributed by atoms with E-state index >= 15 is 0 Å². The van der Waals surface area contributed by atoms with Crippen molar-refractivity contribution < 1.29 is 0 Å². The molecule has 6 aliphatic rings. The fourth-order valence-electron chi connectivity index (χ4n) is 1.53. The van der Waals surface area contributed by atoms with Gasteiger partial charge in [0, 0.05) is 55.9 Å². The van der Waals surface area contributed by atoms with Crippen molar-refractivity contribution in [3.05, 3.63) is 0 Å². The maximum absolute atomic E-state index is 1.07. The Kier molecular flexibility index (Phi) is 0.808. The van der Waals surface area contributed by atoms with Crippen molar-refractivity contribution in [1.29, 1.82) is 0 Å². The van der Waals surface area contributed by atoms with Crippen LogP contribution in [0, 0.1) is 0 Å². The van der Waals surface area contributed by atoms with E-state index in [1.165, 1.54) is 0 Å². The second kappa shape index (κ2) is 1.24. The first-order valence-corrected chi connectivity index (χ1v) is 21.6. The Morgan fingerprint density at radius 2 is 0.375 bits per heavy atom. The Hall–Kier alpha value is 3.44. The molecular formula is P8. The van der Waals surface area contributed by atoms with Crippen LogP contribution >= 0.6 is 55.9 Å². The highest BCUT2D eigenvalue weighted by Gasteiger charge is 3.00. The molecule has 0 nitrogen and oxygen atoms in total. The van der Waals surface area contributed by atoms with Gasteiger partial charge in [-0.05, 0) is 0 Å². The molecule has 0 aromatic rings. The minimum Gasteiger partial charge on any atom is 0 e. The normalized spacial score (nSPS) is 108. The average Bonchev–Trinajstić information content (AvgIpc) is 1.90. The van der Waals surface area contributed by atoms with Crippen LogP contribution in [0.15, 0.2) is 0 Å². The highest BCUT2D eigenvalue weighted by atomic mass is 34.0. The molecule has 6 fully saturated rings. The standard InChI is InChI=1S/P8/c1-2-5-3(1)7-4(1)6(2)8(5)7. The first-order valence-electron chi connectivity index (χ1n) is 2.40. The van der Waals surface area contributed by atoms with Gasteiger partial charge in [0.05, 0.1) is 0 Å². The van der Waals surface area contributed by atoms with Crippen molar-refractivity contribution in [2.75, 3.05) is 0 Å². The first kappa shape index (κ1) is 5.23. The van der Waals surface area contributed by atoms with Crippen molar-refractivity contribution in [2.24, 2.45) is 0 Å². The molecule has 0 N–H and O–H groups in total. The van der Waals surface area contributed by atoms with Gasteiger partial charge < -0.3 is 0 Å². The zero-order valence-corrected chi connectivity index (χ0v) is 10.7. The monoisotopic (exact) mass is 248 g/mol. The van der Waals surface area contributed by atoms with Crippen molar-refractivity contribution in [3.63, 3.8) is 0 Å². The minimum atomic E-state index is 1.07. The van der Waals surface area contributed by atoms with Gasteiger partial charge in [-0.1, -0.05) is 0 Å². The second-order valence-corrected chi connectivity index (χ2v) is 58.0. The summed E-state index contributed by atoms with van der Waals surface area (Å²) in [6, 6.07) is 0. The molecular weight excluding hydrogens is 248 g/mol. The van der Waals surface area contributed by atoms with Crippen LogP contribution < -0.4 is 0 Å². The zero-order chi connectivity index (χ0) is 4.62. The lowest BCUT2D eigenvalue weighted by Crippen LogP contribution is -2.14. The summed E-state index contributed by atoms with van der Waals surface area (Å²) in [6.45, 7) is 8.59. The first-order chi connectivity index (χ1) is 4.00. The molecule has 6 rings (SSSR count). The lowest BCUT2D eigenvalue weighted by atomic mass is 28.0. The molecule has 0 radical (unpaired) electrons. The molecule has 6 aliphatic heterocycles. The molecule has 6 heterocycles. The Labute approximate surface area is 56.1 Å². The fraction of sp³-hybridized carbons (Fsp3) is 0. The van der Waals surface area contributed by atoms with Gasteiger partial charge in [0.25, 0.3) is 0 Å². The van der Waals surface area contributed by atoms with E-state index in [0.29, 0.717) is 0 Å². The quantitative estimate of drug-likeness (QED) is 0.409. The third-order valence-electron chi connectivity index (χ3n) is 1.92. The molecule has 0 amide bonds. The summed E-state index contributed by atoms with van der Waals surface area (Å²) in [5.41, 5.74) is 0. The van der Waals surface area contributed by atoms with Gasteiger partial charge in [-0.25, -0.2) is 0 Å². The van der Waals surface area contributed by atoms with Gasteiger partial charge >= 0.3 is 0 Å². The smallest absolute Gasteiger partial charge is 0 e. The number of rotatable bonds is 0. The largest absolute Gasteiger partial charge is 0 e. The SMILES string of the molecule is P12P3P4P1P1P2P3P41. The zero-order valence-electron chi connectivity index (χ0n) is 3.58. The molecule has 0 atom stereocenters. The Balaban J connectivity index is 2.00. The summed E-state index contributed by atoms with van der Waals surface area (Å²) in [4.78, 5) is 0. The molecule has 6 saturated heterocycles. The van der Waals surface area contributed by atoms with Gasteiger partial charge in [-0.15, -0.1) is 0 Å². The molecule has 0 spiro atoms. The fourth-order valence-corrected chi connectivity index (χ4v) is 332. The number of hydrogen-bond acceptors (Lipinski definition) is 0. The van der Waals surface area contributed by atoms with Crippen molar-refractivity contribution in [2.45, 2.75) is 0 Å². The van der Waals surface area contributed by atoms with Crippen LogP contribution in [0.4, 0.5) is 0 Å². The van der Waals surface area contributed by atoms with E-state index in [4.69, 9.17) is 0 Å². The van der Waals surface area contributed by atoms with E-state index in [1.807, 2.05) is 0 Å². The lowest BCUT2D eigenvalue weighted by molar-refractivity contribution is 3.92. The summed E-state index contributed by atoms with van der Waals surface area (Å²) in [5, 5.41) is 0. The van der Waals surface area contributed by atoms with E-state index < -0.39 is 0 Å². The predicted octanol–water partition coefficient (Wildman–Crippen LogP) is 6.89. The summed E-state index contributed by atoms with van der Waals surface area (Å²) in [7, 11) is 0. The molecule has 0 bridgehead atoms. The maximum Gasteiger partial charge on any atom is 0 e. The van der Waals surface area contributed by atoms with E-state index in [9.17, 15) is 0 Å². The van der Waals surface area contributed by atoms with Crippen LogP contribution in [-0.2, 0) is 0 Å². The third kappa shape index (κ3) is 0.254. The summed E-state index contributed by atoms with van der Waals surface area (Å²) < 4.78 is 0. The molecule has 0 aromatic carbocycles.